The number of hydrogen-bond donors (Lipinski definition) is 3. The molecule has 62 heavy (non-hydrogen) atoms. The average Bonchev–Trinajstić information content (AvgIpc) is 3.75. The van der Waals surface area contributed by atoms with Gasteiger partial charge in [-0.2, -0.15) is 4.72 Å². The van der Waals surface area contributed by atoms with Gasteiger partial charge in [0.1, 0.15) is 11.7 Å². The summed E-state index contributed by atoms with van der Waals surface area (Å²) in [7, 11) is -3.98. The van der Waals surface area contributed by atoms with Crippen LogP contribution in [-0.2, 0) is 43.9 Å². The van der Waals surface area contributed by atoms with E-state index in [-0.39, 0.29) is 36.7 Å². The molecule has 2 heterocycles. The third-order valence-electron chi connectivity index (χ3n) is 10.6. The van der Waals surface area contributed by atoms with Crippen molar-refractivity contribution in [2.45, 2.75) is 67.6 Å². The summed E-state index contributed by atoms with van der Waals surface area (Å²) in [5.74, 6) is 0.815. The molecular weight excluding hydrogens is 819 g/mol. The summed E-state index contributed by atoms with van der Waals surface area (Å²) < 4.78 is 49.0. The molecule has 12 heteroatoms. The first kappa shape index (κ1) is 42.8. The van der Waals surface area contributed by atoms with Crippen LogP contribution in [0, 0.1) is 6.92 Å². The molecule has 6 aromatic carbocycles. The Labute approximate surface area is 366 Å². The third kappa shape index (κ3) is 10.8. The largest absolute Gasteiger partial charge is 0.431 e. The van der Waals surface area contributed by atoms with E-state index < -0.39 is 28.3 Å². The maximum atomic E-state index is 13.7. The molecule has 7 aromatic rings. The number of aryl methyl sites for hydroxylation is 1. The average molecular weight is 866 g/mol. The van der Waals surface area contributed by atoms with Crippen molar-refractivity contribution in [1.82, 2.24) is 15.0 Å². The van der Waals surface area contributed by atoms with Crippen LogP contribution in [0.4, 0.5) is 0 Å². The van der Waals surface area contributed by atoms with Gasteiger partial charge in [-0.25, -0.2) is 13.4 Å². The van der Waals surface area contributed by atoms with Gasteiger partial charge >= 0.3 is 0 Å². The predicted octanol–water partition coefficient (Wildman–Crippen LogP) is 9.35. The topological polar surface area (TPSA) is 140 Å². The Balaban J connectivity index is 0.969. The lowest BCUT2D eigenvalue weighted by Gasteiger charge is -2.36. The molecule has 8 rings (SSSR count). The van der Waals surface area contributed by atoms with Gasteiger partial charge in [0.15, 0.2) is 12.1 Å². The van der Waals surface area contributed by atoms with Crippen LogP contribution in [0.25, 0.3) is 22.6 Å². The van der Waals surface area contributed by atoms with Gasteiger partial charge in [0, 0.05) is 35.4 Å². The number of ether oxygens (including phenoxy) is 2. The van der Waals surface area contributed by atoms with E-state index in [2.05, 4.69) is 10.0 Å². The molecule has 0 bridgehead atoms. The Morgan fingerprint density at radius 3 is 2.02 bits per heavy atom. The van der Waals surface area contributed by atoms with Crippen molar-refractivity contribution in [3.63, 3.8) is 0 Å². The summed E-state index contributed by atoms with van der Waals surface area (Å²) in [5, 5.41) is 13.2. The number of oxazole rings is 1. The summed E-state index contributed by atoms with van der Waals surface area (Å²) >= 11 is 1.49. The minimum Gasteiger partial charge on any atom is -0.431 e. The zero-order valence-electron chi connectivity index (χ0n) is 34.1. The fourth-order valence-corrected chi connectivity index (χ4v) is 9.28. The standard InChI is InChI=1S/C50H47N3O7S2/c1-34-17-27-43(28-18-34)62(56,57)53-44(29-35-11-5-2-6-12-35)48(55)51-31-36-19-25-41(26-20-36)49-58-42(30-45(59-49)38-23-21-37(32-54)22-24-38)33-61-50-52-46(39-13-7-3-8-14-39)47(60-50)40-15-9-4-10-16-40/h2-28,42,44-45,49,53-54H,29-33H2,1H3,(H,51,55)/t42-,44+,45+,49+/m0/s1. The lowest BCUT2D eigenvalue weighted by molar-refractivity contribution is -0.245. The number of aromatic nitrogens is 1. The summed E-state index contributed by atoms with van der Waals surface area (Å²) in [6.07, 6.45) is -0.467. The van der Waals surface area contributed by atoms with Crippen LogP contribution in [0.2, 0.25) is 0 Å². The number of nitrogens with one attached hydrogen (secondary N) is 2. The van der Waals surface area contributed by atoms with Crippen LogP contribution in [0.3, 0.4) is 0 Å². The molecule has 4 atom stereocenters. The Morgan fingerprint density at radius 2 is 1.35 bits per heavy atom. The number of nitrogens with zero attached hydrogens (tertiary/aromatic N) is 1. The number of rotatable bonds is 16. The van der Waals surface area contributed by atoms with Crippen molar-refractivity contribution in [2.75, 3.05) is 5.75 Å². The maximum absolute atomic E-state index is 13.7. The molecule has 0 spiro atoms. The number of carbonyl (C=O) groups excluding carboxylic acids is 1. The van der Waals surface area contributed by atoms with Crippen molar-refractivity contribution < 1.29 is 32.2 Å². The molecule has 1 amide bonds. The molecule has 316 valence electrons. The minimum atomic E-state index is -3.98. The van der Waals surface area contributed by atoms with Gasteiger partial charge in [-0.05, 0) is 47.7 Å². The van der Waals surface area contributed by atoms with Gasteiger partial charge in [0.25, 0.3) is 5.22 Å². The van der Waals surface area contributed by atoms with Gasteiger partial charge in [0.05, 0.1) is 23.7 Å². The molecule has 1 saturated heterocycles. The second-order valence-corrected chi connectivity index (χ2v) is 17.9. The molecule has 1 aliphatic heterocycles. The van der Waals surface area contributed by atoms with E-state index in [1.807, 2.05) is 146 Å². The number of amides is 1. The van der Waals surface area contributed by atoms with Gasteiger partial charge in [-0.15, -0.1) is 0 Å². The van der Waals surface area contributed by atoms with Crippen molar-refractivity contribution in [3.8, 4) is 22.6 Å². The highest BCUT2D eigenvalue weighted by Crippen LogP contribution is 2.41. The SMILES string of the molecule is Cc1ccc(S(=O)(=O)N[C@H](Cc2ccccc2)C(=O)NCc2ccc([C@@H]3O[C@H](CSc4nc(-c5ccccc5)c(-c5ccccc5)o4)C[C@H](c4ccc(CO)cc4)O3)cc2)cc1. The van der Waals surface area contributed by atoms with E-state index in [4.69, 9.17) is 18.9 Å². The van der Waals surface area contributed by atoms with Crippen LogP contribution >= 0.6 is 11.8 Å². The second kappa shape index (κ2) is 19.9. The van der Waals surface area contributed by atoms with Crippen molar-refractivity contribution in [2.24, 2.45) is 0 Å². The van der Waals surface area contributed by atoms with Crippen molar-refractivity contribution in [1.29, 1.82) is 0 Å². The van der Waals surface area contributed by atoms with E-state index in [0.29, 0.717) is 23.2 Å². The molecule has 1 aromatic heterocycles. The number of sulfonamides is 1. The zero-order valence-corrected chi connectivity index (χ0v) is 35.7. The van der Waals surface area contributed by atoms with E-state index in [1.54, 1.807) is 12.1 Å². The first-order valence-corrected chi connectivity index (χ1v) is 22.9. The molecule has 1 fully saturated rings. The molecule has 10 nitrogen and oxygen atoms in total. The van der Waals surface area contributed by atoms with Crippen LogP contribution in [0.15, 0.2) is 178 Å². The Bertz CT molecular complexity index is 2590. The van der Waals surface area contributed by atoms with E-state index in [1.165, 1.54) is 23.9 Å². The molecule has 0 radical (unpaired) electrons. The van der Waals surface area contributed by atoms with E-state index >= 15 is 0 Å². The monoisotopic (exact) mass is 865 g/mol. The number of benzene rings is 6. The van der Waals surface area contributed by atoms with Crippen LogP contribution in [-0.4, -0.2) is 42.3 Å². The lowest BCUT2D eigenvalue weighted by Crippen LogP contribution is -2.47. The molecule has 0 aliphatic carbocycles. The highest BCUT2D eigenvalue weighted by molar-refractivity contribution is 7.99. The Morgan fingerprint density at radius 1 is 0.742 bits per heavy atom. The summed E-state index contributed by atoms with van der Waals surface area (Å²) in [4.78, 5) is 18.7. The first-order chi connectivity index (χ1) is 30.2. The summed E-state index contributed by atoms with van der Waals surface area (Å²) in [5.41, 5.74) is 7.84. The van der Waals surface area contributed by atoms with Gasteiger partial charge in [-0.1, -0.05) is 169 Å². The number of aliphatic hydroxyl groups is 1. The zero-order chi connectivity index (χ0) is 42.9. The molecule has 3 N–H and O–H groups in total. The fraction of sp³-hybridized carbons (Fsp3) is 0.200. The van der Waals surface area contributed by atoms with Gasteiger partial charge in [-0.3, -0.25) is 4.79 Å². The smallest absolute Gasteiger partial charge is 0.256 e. The highest BCUT2D eigenvalue weighted by Gasteiger charge is 2.33. The van der Waals surface area contributed by atoms with Gasteiger partial charge in [0.2, 0.25) is 15.9 Å². The lowest BCUT2D eigenvalue weighted by atomic mass is 10.0. The number of carbonyl (C=O) groups is 1. The quantitative estimate of drug-likeness (QED) is 0.0811. The van der Waals surface area contributed by atoms with E-state index in [0.717, 1.165) is 50.2 Å². The van der Waals surface area contributed by atoms with Crippen LogP contribution in [0.5, 0.6) is 0 Å². The molecule has 1 aliphatic rings. The first-order valence-electron chi connectivity index (χ1n) is 20.5. The van der Waals surface area contributed by atoms with Gasteiger partial charge < -0.3 is 24.3 Å². The fourth-order valence-electron chi connectivity index (χ4n) is 7.24. The molecule has 0 unspecified atom stereocenters. The number of thioether (sulfide) groups is 1. The minimum absolute atomic E-state index is 0.0492. The normalized spacial score (nSPS) is 17.0. The second-order valence-electron chi connectivity index (χ2n) is 15.2. The number of aliphatic hydroxyl groups excluding tert-OH is 1. The molecular formula is C50H47N3O7S2. The van der Waals surface area contributed by atoms with E-state index in [9.17, 15) is 18.3 Å². The Kier molecular flexibility index (Phi) is 13.7. The number of hydrogen-bond acceptors (Lipinski definition) is 9. The van der Waals surface area contributed by atoms with Crippen LogP contribution < -0.4 is 10.0 Å². The third-order valence-corrected chi connectivity index (χ3v) is 13.1. The Hall–Kier alpha value is -5.86. The van der Waals surface area contributed by atoms with Crippen molar-refractivity contribution in [3.05, 3.63) is 197 Å². The summed E-state index contributed by atoms with van der Waals surface area (Å²) in [6.45, 7) is 2.01. The molecule has 0 saturated carbocycles. The predicted molar refractivity (Wildman–Crippen MR) is 240 cm³/mol. The van der Waals surface area contributed by atoms with Crippen molar-refractivity contribution >= 4 is 27.7 Å². The van der Waals surface area contributed by atoms with Crippen LogP contribution in [0.1, 0.15) is 52.2 Å². The highest BCUT2D eigenvalue weighted by atomic mass is 32.2. The maximum Gasteiger partial charge on any atom is 0.256 e. The summed E-state index contributed by atoms with van der Waals surface area (Å²) in [6, 6.07) is 50.1.